The molecule has 1 aromatic heterocycles. The first-order chi connectivity index (χ1) is 9.41. The molecular formula is C13H18F3N3O. The van der Waals surface area contributed by atoms with Crippen LogP contribution in [0.25, 0.3) is 0 Å². The Hall–Kier alpha value is -1.53. The second kappa shape index (κ2) is 5.85. The molecule has 112 valence electrons. The summed E-state index contributed by atoms with van der Waals surface area (Å²) in [6.45, 7) is 1.92. The highest BCUT2D eigenvalue weighted by Crippen LogP contribution is 2.40. The van der Waals surface area contributed by atoms with Crippen molar-refractivity contribution >= 4 is 11.7 Å². The number of aromatic amines is 1. The molecule has 0 aromatic carbocycles. The normalized spacial score (nSPS) is 23.6. The second-order valence-corrected chi connectivity index (χ2v) is 5.22. The van der Waals surface area contributed by atoms with Gasteiger partial charge in [-0.25, -0.2) is 0 Å². The van der Waals surface area contributed by atoms with Gasteiger partial charge in [-0.1, -0.05) is 13.3 Å². The van der Waals surface area contributed by atoms with Gasteiger partial charge in [0, 0.05) is 11.5 Å². The molecule has 4 nitrogen and oxygen atoms in total. The van der Waals surface area contributed by atoms with Crippen LogP contribution in [0, 0.1) is 11.8 Å². The fourth-order valence-electron chi connectivity index (χ4n) is 2.64. The van der Waals surface area contributed by atoms with Crippen molar-refractivity contribution in [2.75, 3.05) is 5.32 Å². The molecule has 1 amide bonds. The fraction of sp³-hybridized carbons (Fsp3) is 0.692. The maximum absolute atomic E-state index is 12.7. The Bertz CT molecular complexity index is 470. The molecule has 1 fully saturated rings. The molecule has 0 saturated heterocycles. The van der Waals surface area contributed by atoms with Crippen LogP contribution in [0.2, 0.25) is 0 Å². The van der Waals surface area contributed by atoms with Gasteiger partial charge < -0.3 is 5.32 Å². The lowest BCUT2D eigenvalue weighted by molar-refractivity contribution is -0.185. The number of carbonyl (C=O) groups is 1. The number of rotatable bonds is 3. The molecule has 1 aliphatic carbocycles. The van der Waals surface area contributed by atoms with Crippen LogP contribution in [0.4, 0.5) is 19.0 Å². The summed E-state index contributed by atoms with van der Waals surface area (Å²) in [5, 5.41) is 9.15. The molecule has 1 aliphatic rings. The van der Waals surface area contributed by atoms with Gasteiger partial charge in [0.1, 0.15) is 5.82 Å². The van der Waals surface area contributed by atoms with Gasteiger partial charge in [0.05, 0.1) is 12.1 Å². The number of hydrogen-bond donors (Lipinski definition) is 2. The van der Waals surface area contributed by atoms with E-state index in [1.165, 1.54) is 0 Å². The summed E-state index contributed by atoms with van der Waals surface area (Å²) in [5.41, 5.74) is 0.849. The summed E-state index contributed by atoms with van der Waals surface area (Å²) in [6, 6.07) is 0. The quantitative estimate of drug-likeness (QED) is 0.897. The number of nitrogens with zero attached hydrogens (tertiary/aromatic N) is 1. The smallest absolute Gasteiger partial charge is 0.311 e. The Morgan fingerprint density at radius 1 is 1.50 bits per heavy atom. The fourth-order valence-corrected chi connectivity index (χ4v) is 2.64. The van der Waals surface area contributed by atoms with Gasteiger partial charge >= 0.3 is 6.18 Å². The molecule has 0 aliphatic heterocycles. The molecule has 2 N–H and O–H groups in total. The average Bonchev–Trinajstić information content (AvgIpc) is 2.85. The number of alkyl halides is 3. The number of hydrogen-bond acceptors (Lipinski definition) is 2. The number of halogens is 3. The van der Waals surface area contributed by atoms with Crippen LogP contribution in [0.3, 0.4) is 0 Å². The zero-order chi connectivity index (χ0) is 14.8. The van der Waals surface area contributed by atoms with Crippen molar-refractivity contribution in [3.63, 3.8) is 0 Å². The first-order valence-electron chi connectivity index (χ1n) is 6.81. The minimum atomic E-state index is -4.21. The highest BCUT2D eigenvalue weighted by Gasteiger charge is 2.43. The number of anilines is 1. The van der Waals surface area contributed by atoms with E-state index in [1.807, 2.05) is 6.92 Å². The van der Waals surface area contributed by atoms with E-state index < -0.39 is 18.0 Å². The van der Waals surface area contributed by atoms with Gasteiger partial charge in [0.15, 0.2) is 0 Å². The summed E-state index contributed by atoms with van der Waals surface area (Å²) in [6.07, 6.45) is -0.958. The number of nitrogens with one attached hydrogen (secondary N) is 2. The largest absolute Gasteiger partial charge is 0.391 e. The lowest BCUT2D eigenvalue weighted by Crippen LogP contribution is -2.34. The maximum Gasteiger partial charge on any atom is 0.391 e. The first-order valence-corrected chi connectivity index (χ1v) is 6.81. The van der Waals surface area contributed by atoms with Gasteiger partial charge in [0.2, 0.25) is 5.91 Å². The Labute approximate surface area is 115 Å². The van der Waals surface area contributed by atoms with E-state index in [0.29, 0.717) is 25.1 Å². The van der Waals surface area contributed by atoms with E-state index in [1.54, 1.807) is 6.20 Å². The summed E-state index contributed by atoms with van der Waals surface area (Å²) in [5.74, 6) is -1.80. The van der Waals surface area contributed by atoms with Crippen molar-refractivity contribution in [3.8, 4) is 0 Å². The third-order valence-electron chi connectivity index (χ3n) is 3.85. The summed E-state index contributed by atoms with van der Waals surface area (Å²) in [7, 11) is 0. The van der Waals surface area contributed by atoms with Crippen LogP contribution in [-0.2, 0) is 11.2 Å². The van der Waals surface area contributed by atoms with E-state index in [0.717, 1.165) is 5.56 Å². The molecule has 1 aromatic rings. The Kier molecular flexibility index (Phi) is 4.35. The minimum absolute atomic E-state index is 0.120. The molecule has 0 bridgehead atoms. The monoisotopic (exact) mass is 289 g/mol. The van der Waals surface area contributed by atoms with E-state index in [-0.39, 0.29) is 18.7 Å². The van der Waals surface area contributed by atoms with Gasteiger partial charge in [-0.15, -0.1) is 0 Å². The summed E-state index contributed by atoms with van der Waals surface area (Å²) >= 11 is 0. The average molecular weight is 289 g/mol. The Morgan fingerprint density at radius 2 is 2.25 bits per heavy atom. The van der Waals surface area contributed by atoms with Crippen molar-refractivity contribution in [2.45, 2.75) is 45.2 Å². The van der Waals surface area contributed by atoms with Crippen LogP contribution >= 0.6 is 0 Å². The molecule has 2 unspecified atom stereocenters. The maximum atomic E-state index is 12.7. The van der Waals surface area contributed by atoms with Gasteiger partial charge in [-0.3, -0.25) is 9.89 Å². The van der Waals surface area contributed by atoms with Gasteiger partial charge in [0.25, 0.3) is 0 Å². The molecule has 0 spiro atoms. The number of carbonyl (C=O) groups excluding carboxylic acids is 1. The van der Waals surface area contributed by atoms with Gasteiger partial charge in [-0.2, -0.15) is 18.3 Å². The SMILES string of the molecule is CCc1cn[nH]c1NC(=O)C1CCCC(C(F)(F)F)C1. The number of aromatic nitrogens is 2. The third-order valence-corrected chi connectivity index (χ3v) is 3.85. The topological polar surface area (TPSA) is 57.8 Å². The lowest BCUT2D eigenvalue weighted by atomic mass is 9.80. The van der Waals surface area contributed by atoms with E-state index in [4.69, 9.17) is 0 Å². The van der Waals surface area contributed by atoms with Crippen molar-refractivity contribution in [2.24, 2.45) is 11.8 Å². The van der Waals surface area contributed by atoms with Crippen molar-refractivity contribution in [3.05, 3.63) is 11.8 Å². The number of H-pyrrole nitrogens is 1. The van der Waals surface area contributed by atoms with Crippen LogP contribution in [0.15, 0.2) is 6.20 Å². The zero-order valence-electron chi connectivity index (χ0n) is 11.3. The minimum Gasteiger partial charge on any atom is -0.311 e. The molecule has 2 rings (SSSR count). The predicted molar refractivity (Wildman–Crippen MR) is 68.1 cm³/mol. The molecule has 20 heavy (non-hydrogen) atoms. The summed E-state index contributed by atoms with van der Waals surface area (Å²) < 4.78 is 38.2. The standard InChI is InChI=1S/C13H18F3N3O/c1-2-8-7-17-19-11(8)18-12(20)9-4-3-5-10(6-9)13(14,15)16/h7,9-10H,2-6H2,1H3,(H2,17,18,19,20). The molecular weight excluding hydrogens is 271 g/mol. The predicted octanol–water partition coefficient (Wildman–Crippen LogP) is 3.28. The van der Waals surface area contributed by atoms with Crippen molar-refractivity contribution < 1.29 is 18.0 Å². The Morgan fingerprint density at radius 3 is 2.90 bits per heavy atom. The van der Waals surface area contributed by atoms with Crippen molar-refractivity contribution in [1.29, 1.82) is 0 Å². The molecule has 7 heteroatoms. The molecule has 0 radical (unpaired) electrons. The van der Waals surface area contributed by atoms with Crippen molar-refractivity contribution in [1.82, 2.24) is 10.2 Å². The molecule has 1 saturated carbocycles. The van der Waals surface area contributed by atoms with E-state index in [9.17, 15) is 18.0 Å². The van der Waals surface area contributed by atoms with Crippen LogP contribution in [0.1, 0.15) is 38.2 Å². The van der Waals surface area contributed by atoms with Crippen LogP contribution in [-0.4, -0.2) is 22.3 Å². The van der Waals surface area contributed by atoms with Crippen LogP contribution < -0.4 is 5.32 Å². The lowest BCUT2D eigenvalue weighted by Gasteiger charge is -2.29. The number of amides is 1. The van der Waals surface area contributed by atoms with Crippen LogP contribution in [0.5, 0.6) is 0 Å². The second-order valence-electron chi connectivity index (χ2n) is 5.22. The zero-order valence-corrected chi connectivity index (χ0v) is 11.3. The highest BCUT2D eigenvalue weighted by atomic mass is 19.4. The van der Waals surface area contributed by atoms with E-state index >= 15 is 0 Å². The molecule has 1 heterocycles. The van der Waals surface area contributed by atoms with E-state index in [2.05, 4.69) is 15.5 Å². The first kappa shape index (κ1) is 14.9. The third kappa shape index (κ3) is 3.32. The number of aryl methyl sites for hydroxylation is 1. The van der Waals surface area contributed by atoms with Gasteiger partial charge in [-0.05, 0) is 25.7 Å². The summed E-state index contributed by atoms with van der Waals surface area (Å²) in [4.78, 5) is 12.1. The Balaban J connectivity index is 1.99. The molecule has 2 atom stereocenters. The highest BCUT2D eigenvalue weighted by molar-refractivity contribution is 5.92.